The van der Waals surface area contributed by atoms with Crippen molar-refractivity contribution in [1.82, 2.24) is 14.3 Å². The molecule has 1 aliphatic carbocycles. The zero-order valence-electron chi connectivity index (χ0n) is 11.0. The second-order valence-corrected chi connectivity index (χ2v) is 6.82. The van der Waals surface area contributed by atoms with E-state index in [4.69, 9.17) is 0 Å². The van der Waals surface area contributed by atoms with Gasteiger partial charge < -0.3 is 4.57 Å². The van der Waals surface area contributed by atoms with Crippen LogP contribution in [-0.2, 0) is 16.6 Å². The number of aryl methyl sites for hydroxylation is 1. The Labute approximate surface area is 109 Å². The summed E-state index contributed by atoms with van der Waals surface area (Å²) >= 11 is 0. The van der Waals surface area contributed by atoms with Crippen molar-refractivity contribution >= 4 is 10.0 Å². The van der Waals surface area contributed by atoms with E-state index in [-0.39, 0.29) is 5.75 Å². The molecule has 102 valence electrons. The molecule has 5 nitrogen and oxygen atoms in total. The second kappa shape index (κ2) is 5.40. The maximum absolute atomic E-state index is 11.5. The molecule has 0 amide bonds. The fourth-order valence-corrected chi connectivity index (χ4v) is 3.18. The topological polar surface area (TPSA) is 64.0 Å². The van der Waals surface area contributed by atoms with Crippen LogP contribution < -0.4 is 4.72 Å². The van der Waals surface area contributed by atoms with Crippen LogP contribution >= 0.6 is 0 Å². The van der Waals surface area contributed by atoms with E-state index >= 15 is 0 Å². The molecule has 0 bridgehead atoms. The molecule has 0 aromatic carbocycles. The fraction of sp³-hybridized carbons (Fsp3) is 0.750. The lowest BCUT2D eigenvalue weighted by atomic mass is 10.4. The zero-order chi connectivity index (χ0) is 13.2. The summed E-state index contributed by atoms with van der Waals surface area (Å²) in [5.74, 6) is 1.90. The molecule has 0 aliphatic heterocycles. The monoisotopic (exact) mass is 271 g/mol. The molecule has 6 heteroatoms. The van der Waals surface area contributed by atoms with Gasteiger partial charge in [0.15, 0.2) is 0 Å². The number of nitrogens with zero attached hydrogens (tertiary/aromatic N) is 2. The summed E-state index contributed by atoms with van der Waals surface area (Å²) in [7, 11) is -3.10. The lowest BCUT2D eigenvalue weighted by Crippen LogP contribution is -2.29. The molecule has 0 unspecified atom stereocenters. The van der Waals surface area contributed by atoms with Gasteiger partial charge in [0.2, 0.25) is 10.0 Å². The molecular weight excluding hydrogens is 250 g/mol. The van der Waals surface area contributed by atoms with Crippen molar-refractivity contribution in [3.05, 3.63) is 17.7 Å². The van der Waals surface area contributed by atoms with E-state index in [1.807, 2.05) is 20.0 Å². The van der Waals surface area contributed by atoms with E-state index in [1.54, 1.807) is 0 Å². The second-order valence-electron chi connectivity index (χ2n) is 4.90. The molecule has 1 aliphatic rings. The van der Waals surface area contributed by atoms with E-state index in [0.29, 0.717) is 25.4 Å². The predicted octanol–water partition coefficient (Wildman–Crippen LogP) is 1.40. The first-order chi connectivity index (χ1) is 8.53. The smallest absolute Gasteiger partial charge is 0.211 e. The van der Waals surface area contributed by atoms with Crippen molar-refractivity contribution < 1.29 is 8.42 Å². The largest absolute Gasteiger partial charge is 0.331 e. The van der Waals surface area contributed by atoms with Gasteiger partial charge in [-0.2, -0.15) is 0 Å². The molecule has 0 radical (unpaired) electrons. The quantitative estimate of drug-likeness (QED) is 0.815. The van der Waals surface area contributed by atoms with Gasteiger partial charge in [-0.1, -0.05) is 6.92 Å². The molecular formula is C12H21N3O2S. The average molecular weight is 271 g/mol. The van der Waals surface area contributed by atoms with Crippen LogP contribution in [0, 0.1) is 6.92 Å². The zero-order valence-corrected chi connectivity index (χ0v) is 11.8. The van der Waals surface area contributed by atoms with Gasteiger partial charge in [-0.05, 0) is 26.2 Å². The summed E-state index contributed by atoms with van der Waals surface area (Å²) in [6.45, 7) is 4.99. The highest BCUT2D eigenvalue weighted by Gasteiger charge is 2.28. The van der Waals surface area contributed by atoms with E-state index in [9.17, 15) is 8.42 Å². The van der Waals surface area contributed by atoms with Gasteiger partial charge in [-0.3, -0.25) is 0 Å². The minimum atomic E-state index is -3.10. The molecule has 0 atom stereocenters. The highest BCUT2D eigenvalue weighted by molar-refractivity contribution is 7.89. The lowest BCUT2D eigenvalue weighted by molar-refractivity contribution is 0.565. The highest BCUT2D eigenvalue weighted by Crippen LogP contribution is 2.39. The molecule has 18 heavy (non-hydrogen) atoms. The standard InChI is InChI=1S/C12H21N3O2S/c1-3-8-18(16,17)14-6-7-15-10(2)9-13-12(15)11-4-5-11/h9,11,14H,3-8H2,1-2H3. The molecule has 0 saturated heterocycles. The Hall–Kier alpha value is -0.880. The molecule has 1 fully saturated rings. The Balaban J connectivity index is 1.92. The Morgan fingerprint density at radius 2 is 2.22 bits per heavy atom. The van der Waals surface area contributed by atoms with Gasteiger partial charge in [0, 0.05) is 30.9 Å². The van der Waals surface area contributed by atoms with Gasteiger partial charge in [0.05, 0.1) is 5.75 Å². The maximum Gasteiger partial charge on any atom is 0.211 e. The predicted molar refractivity (Wildman–Crippen MR) is 71.0 cm³/mol. The van der Waals surface area contributed by atoms with Crippen molar-refractivity contribution in [1.29, 1.82) is 0 Å². The Morgan fingerprint density at radius 3 is 2.83 bits per heavy atom. The van der Waals surface area contributed by atoms with Gasteiger partial charge in [0.25, 0.3) is 0 Å². The van der Waals surface area contributed by atoms with Crippen molar-refractivity contribution in [2.45, 2.75) is 45.6 Å². The molecule has 1 aromatic rings. The minimum absolute atomic E-state index is 0.200. The normalized spacial score (nSPS) is 16.1. The minimum Gasteiger partial charge on any atom is -0.331 e. The summed E-state index contributed by atoms with van der Waals surface area (Å²) in [6.07, 6.45) is 4.93. The Kier molecular flexibility index (Phi) is 4.07. The summed E-state index contributed by atoms with van der Waals surface area (Å²) in [4.78, 5) is 4.41. The number of sulfonamides is 1. The van der Waals surface area contributed by atoms with Crippen LogP contribution in [0.25, 0.3) is 0 Å². The Bertz CT molecular complexity index is 503. The SMILES string of the molecule is CCCS(=O)(=O)NCCn1c(C)cnc1C1CC1. The number of imidazole rings is 1. The number of nitrogens with one attached hydrogen (secondary N) is 1. The summed E-state index contributed by atoms with van der Waals surface area (Å²) < 4.78 is 27.8. The third kappa shape index (κ3) is 3.32. The molecule has 0 spiro atoms. The highest BCUT2D eigenvalue weighted by atomic mass is 32.2. The van der Waals surface area contributed by atoms with E-state index in [1.165, 1.54) is 12.8 Å². The van der Waals surface area contributed by atoms with Crippen LogP contribution in [0.2, 0.25) is 0 Å². The first kappa shape index (κ1) is 13.5. The molecule has 2 rings (SSSR count). The number of hydrogen-bond donors (Lipinski definition) is 1. The van der Waals surface area contributed by atoms with E-state index in [2.05, 4.69) is 14.3 Å². The third-order valence-electron chi connectivity index (χ3n) is 3.16. The first-order valence-electron chi connectivity index (χ1n) is 6.53. The molecule has 1 N–H and O–H groups in total. The van der Waals surface area contributed by atoms with Crippen LogP contribution in [0.3, 0.4) is 0 Å². The van der Waals surface area contributed by atoms with Crippen LogP contribution in [0.5, 0.6) is 0 Å². The van der Waals surface area contributed by atoms with Gasteiger partial charge >= 0.3 is 0 Å². The number of rotatable bonds is 7. The van der Waals surface area contributed by atoms with Crippen molar-refractivity contribution in [3.8, 4) is 0 Å². The summed E-state index contributed by atoms with van der Waals surface area (Å²) in [5.41, 5.74) is 1.10. The van der Waals surface area contributed by atoms with E-state index in [0.717, 1.165) is 11.5 Å². The molecule has 1 saturated carbocycles. The maximum atomic E-state index is 11.5. The van der Waals surface area contributed by atoms with Gasteiger partial charge in [-0.15, -0.1) is 0 Å². The van der Waals surface area contributed by atoms with Crippen molar-refractivity contribution in [3.63, 3.8) is 0 Å². The lowest BCUT2D eigenvalue weighted by Gasteiger charge is -2.10. The fourth-order valence-electron chi connectivity index (χ4n) is 2.09. The van der Waals surface area contributed by atoms with E-state index < -0.39 is 10.0 Å². The molecule has 1 aromatic heterocycles. The number of aromatic nitrogens is 2. The third-order valence-corrected chi connectivity index (χ3v) is 4.75. The van der Waals surface area contributed by atoms with Crippen LogP contribution in [-0.4, -0.2) is 30.3 Å². The van der Waals surface area contributed by atoms with Crippen molar-refractivity contribution in [2.24, 2.45) is 0 Å². The van der Waals surface area contributed by atoms with Crippen LogP contribution in [0.1, 0.15) is 43.6 Å². The average Bonchev–Trinajstić information content (AvgIpc) is 3.06. The van der Waals surface area contributed by atoms with Crippen LogP contribution in [0.15, 0.2) is 6.20 Å². The van der Waals surface area contributed by atoms with Gasteiger partial charge in [-0.25, -0.2) is 18.1 Å². The van der Waals surface area contributed by atoms with Gasteiger partial charge in [0.1, 0.15) is 5.82 Å². The Morgan fingerprint density at radius 1 is 1.50 bits per heavy atom. The first-order valence-corrected chi connectivity index (χ1v) is 8.18. The summed E-state index contributed by atoms with van der Waals surface area (Å²) in [5, 5.41) is 0. The number of hydrogen-bond acceptors (Lipinski definition) is 3. The van der Waals surface area contributed by atoms with Crippen LogP contribution in [0.4, 0.5) is 0 Å². The van der Waals surface area contributed by atoms with Crippen molar-refractivity contribution in [2.75, 3.05) is 12.3 Å². The molecule has 1 heterocycles. The summed E-state index contributed by atoms with van der Waals surface area (Å²) in [6, 6.07) is 0.